The van der Waals surface area contributed by atoms with Crippen molar-refractivity contribution >= 4 is 21.4 Å². The van der Waals surface area contributed by atoms with Crippen LogP contribution in [0.5, 0.6) is 0 Å². The molecule has 5 aromatic rings. The fraction of sp³-hybridized carbons (Fsp3) is 0.0476. The Morgan fingerprint density at radius 1 is 1.00 bits per heavy atom. The Morgan fingerprint density at radius 3 is 2.50 bits per heavy atom. The molecule has 0 radical (unpaired) electrons. The Morgan fingerprint density at radius 2 is 1.73 bits per heavy atom. The van der Waals surface area contributed by atoms with Crippen LogP contribution in [0, 0.1) is 5.82 Å². The monoisotopic (exact) mass is 465 g/mol. The van der Waals surface area contributed by atoms with Gasteiger partial charge in [-0.15, -0.1) is 0 Å². The normalized spacial score (nSPS) is 11.3. The molecule has 148 valence electrons. The van der Waals surface area contributed by atoms with E-state index in [1.807, 2.05) is 24.3 Å². The van der Waals surface area contributed by atoms with E-state index in [2.05, 4.69) is 31.2 Å². The topological polar surface area (TPSA) is 78.2 Å². The van der Waals surface area contributed by atoms with E-state index < -0.39 is 0 Å². The van der Waals surface area contributed by atoms with Crippen molar-refractivity contribution in [1.29, 1.82) is 0 Å². The minimum absolute atomic E-state index is 0.135. The van der Waals surface area contributed by atoms with E-state index in [-0.39, 0.29) is 17.9 Å². The third kappa shape index (κ3) is 3.43. The van der Waals surface area contributed by atoms with Crippen molar-refractivity contribution in [1.82, 2.24) is 24.3 Å². The molecule has 9 heteroatoms. The highest BCUT2D eigenvalue weighted by molar-refractivity contribution is 9.10. The van der Waals surface area contributed by atoms with Crippen LogP contribution in [0.4, 0.5) is 4.39 Å². The fourth-order valence-electron chi connectivity index (χ4n) is 3.09. The third-order valence-electron chi connectivity index (χ3n) is 4.62. The number of nitrogens with zero attached hydrogens (tertiary/aromatic N) is 5. The number of fused-ring (bicyclic) bond motifs is 1. The Hall–Kier alpha value is -3.59. The number of benzene rings is 2. The van der Waals surface area contributed by atoms with Gasteiger partial charge in [-0.2, -0.15) is 10.1 Å². The quantitative estimate of drug-likeness (QED) is 0.398. The van der Waals surface area contributed by atoms with Gasteiger partial charge < -0.3 is 9.09 Å². The second-order valence-electron chi connectivity index (χ2n) is 6.62. The molecule has 0 atom stereocenters. The minimum Gasteiger partial charge on any atom is -0.337 e. The van der Waals surface area contributed by atoms with Gasteiger partial charge in [0.2, 0.25) is 11.7 Å². The van der Waals surface area contributed by atoms with E-state index in [9.17, 15) is 9.18 Å². The molecule has 0 aliphatic carbocycles. The first kappa shape index (κ1) is 18.4. The average molecular weight is 466 g/mol. The molecule has 0 N–H and O–H groups in total. The van der Waals surface area contributed by atoms with Gasteiger partial charge in [0, 0.05) is 28.0 Å². The molecule has 0 amide bonds. The summed E-state index contributed by atoms with van der Waals surface area (Å²) < 4.78 is 22.4. The van der Waals surface area contributed by atoms with E-state index in [1.165, 1.54) is 21.2 Å². The lowest BCUT2D eigenvalue weighted by Crippen LogP contribution is -2.21. The molecule has 0 aliphatic rings. The fourth-order valence-corrected chi connectivity index (χ4v) is 3.36. The SMILES string of the molecule is O=c1c2cc(-c3ccc(F)cc3)nn2ccn1Cc1nc(-c2ccc(Br)cc2)no1. The van der Waals surface area contributed by atoms with Gasteiger partial charge in [-0.25, -0.2) is 8.91 Å². The van der Waals surface area contributed by atoms with Crippen molar-refractivity contribution in [3.63, 3.8) is 0 Å². The van der Waals surface area contributed by atoms with E-state index in [4.69, 9.17) is 4.52 Å². The zero-order chi connectivity index (χ0) is 20.7. The number of hydrogen-bond acceptors (Lipinski definition) is 5. The molecule has 0 spiro atoms. The Kier molecular flexibility index (Phi) is 4.51. The van der Waals surface area contributed by atoms with Crippen LogP contribution >= 0.6 is 15.9 Å². The van der Waals surface area contributed by atoms with Crippen LogP contribution in [0.25, 0.3) is 28.2 Å². The van der Waals surface area contributed by atoms with E-state index in [0.717, 1.165) is 15.6 Å². The standard InChI is InChI=1S/C21H13BrFN5O2/c22-15-5-1-14(2-6-15)20-24-19(30-26-20)12-27-9-10-28-18(21(27)29)11-17(25-28)13-3-7-16(23)8-4-13/h1-11H,12H2. The highest BCUT2D eigenvalue weighted by atomic mass is 79.9. The van der Waals surface area contributed by atoms with Crippen molar-refractivity contribution in [2.45, 2.75) is 6.54 Å². The zero-order valence-electron chi connectivity index (χ0n) is 15.4. The summed E-state index contributed by atoms with van der Waals surface area (Å²) in [5, 5.41) is 8.39. The van der Waals surface area contributed by atoms with Crippen LogP contribution < -0.4 is 5.56 Å². The smallest absolute Gasteiger partial charge is 0.277 e. The van der Waals surface area contributed by atoms with Crippen molar-refractivity contribution < 1.29 is 8.91 Å². The maximum Gasteiger partial charge on any atom is 0.277 e. The van der Waals surface area contributed by atoms with Crippen LogP contribution in [-0.4, -0.2) is 24.3 Å². The molecule has 2 aromatic carbocycles. The number of aromatic nitrogens is 5. The first-order chi connectivity index (χ1) is 14.6. The molecule has 30 heavy (non-hydrogen) atoms. The molecule has 5 rings (SSSR count). The summed E-state index contributed by atoms with van der Waals surface area (Å²) in [6.07, 6.45) is 3.29. The lowest BCUT2D eigenvalue weighted by atomic mass is 10.1. The summed E-state index contributed by atoms with van der Waals surface area (Å²) in [5.74, 6) is 0.444. The number of halogens is 2. The zero-order valence-corrected chi connectivity index (χ0v) is 17.0. The van der Waals surface area contributed by atoms with E-state index in [0.29, 0.717) is 22.9 Å². The van der Waals surface area contributed by atoms with Gasteiger partial charge in [0.15, 0.2) is 0 Å². The van der Waals surface area contributed by atoms with Crippen LogP contribution in [0.1, 0.15) is 5.89 Å². The summed E-state index contributed by atoms with van der Waals surface area (Å²) in [4.78, 5) is 17.3. The maximum atomic E-state index is 13.2. The number of hydrogen-bond donors (Lipinski definition) is 0. The molecule has 0 saturated carbocycles. The predicted octanol–water partition coefficient (Wildman–Crippen LogP) is 4.16. The predicted molar refractivity (Wildman–Crippen MR) is 111 cm³/mol. The van der Waals surface area contributed by atoms with Crippen molar-refractivity contribution in [3.05, 3.63) is 93.5 Å². The van der Waals surface area contributed by atoms with Gasteiger partial charge in [-0.1, -0.05) is 21.1 Å². The highest BCUT2D eigenvalue weighted by Crippen LogP contribution is 2.20. The Bertz CT molecular complexity index is 1400. The van der Waals surface area contributed by atoms with Gasteiger partial charge in [0.25, 0.3) is 5.56 Å². The van der Waals surface area contributed by atoms with Crippen LogP contribution in [0.3, 0.4) is 0 Å². The molecule has 7 nitrogen and oxygen atoms in total. The summed E-state index contributed by atoms with van der Waals surface area (Å²) in [5.41, 5.74) is 2.27. The second-order valence-corrected chi connectivity index (χ2v) is 7.53. The lowest BCUT2D eigenvalue weighted by Gasteiger charge is -2.01. The molecule has 0 aliphatic heterocycles. The summed E-state index contributed by atoms with van der Waals surface area (Å²) >= 11 is 3.39. The van der Waals surface area contributed by atoms with Crippen LogP contribution in [0.2, 0.25) is 0 Å². The van der Waals surface area contributed by atoms with Gasteiger partial charge in [-0.3, -0.25) is 4.79 Å². The molecule has 3 aromatic heterocycles. The molecule has 3 heterocycles. The highest BCUT2D eigenvalue weighted by Gasteiger charge is 2.13. The molecular formula is C21H13BrFN5O2. The van der Waals surface area contributed by atoms with Gasteiger partial charge in [0.1, 0.15) is 17.9 Å². The van der Waals surface area contributed by atoms with Crippen molar-refractivity contribution in [3.8, 4) is 22.6 Å². The summed E-state index contributed by atoms with van der Waals surface area (Å²) in [7, 11) is 0. The Labute approximate surface area is 177 Å². The van der Waals surface area contributed by atoms with Gasteiger partial charge >= 0.3 is 0 Å². The van der Waals surface area contributed by atoms with Crippen LogP contribution in [0.15, 0.2) is 80.8 Å². The van der Waals surface area contributed by atoms with Crippen LogP contribution in [-0.2, 0) is 6.54 Å². The van der Waals surface area contributed by atoms with Gasteiger partial charge in [0.05, 0.1) is 5.69 Å². The first-order valence-electron chi connectivity index (χ1n) is 9.00. The largest absolute Gasteiger partial charge is 0.337 e. The second kappa shape index (κ2) is 7.34. The molecular weight excluding hydrogens is 453 g/mol. The minimum atomic E-state index is -0.327. The summed E-state index contributed by atoms with van der Waals surface area (Å²) in [6.45, 7) is 0.135. The van der Waals surface area contributed by atoms with E-state index in [1.54, 1.807) is 30.6 Å². The molecule has 0 saturated heterocycles. The lowest BCUT2D eigenvalue weighted by molar-refractivity contribution is 0.370. The first-order valence-corrected chi connectivity index (χ1v) is 9.79. The molecule has 0 bridgehead atoms. The summed E-state index contributed by atoms with van der Waals surface area (Å²) in [6, 6.07) is 15.2. The van der Waals surface area contributed by atoms with Crippen molar-refractivity contribution in [2.75, 3.05) is 0 Å². The molecule has 0 unspecified atom stereocenters. The number of rotatable bonds is 4. The third-order valence-corrected chi connectivity index (χ3v) is 5.15. The molecule has 0 fully saturated rings. The van der Waals surface area contributed by atoms with Gasteiger partial charge in [-0.05, 0) is 54.6 Å². The average Bonchev–Trinajstić information content (AvgIpc) is 3.39. The van der Waals surface area contributed by atoms with Crippen molar-refractivity contribution in [2.24, 2.45) is 0 Å². The Balaban J connectivity index is 1.45. The van der Waals surface area contributed by atoms with E-state index >= 15 is 0 Å². The maximum absolute atomic E-state index is 13.2.